The van der Waals surface area contributed by atoms with Crippen LogP contribution in [0.5, 0.6) is 11.5 Å². The van der Waals surface area contributed by atoms with Crippen molar-refractivity contribution >= 4 is 21.5 Å². The zero-order valence-electron chi connectivity index (χ0n) is 23.8. The Morgan fingerprint density at radius 3 is 2.57 bits per heavy atom. The average Bonchev–Trinajstić information content (AvgIpc) is 3.43. The maximum Gasteiger partial charge on any atom is 0.283 e. The van der Waals surface area contributed by atoms with E-state index in [0.717, 1.165) is 47.7 Å². The highest BCUT2D eigenvalue weighted by Gasteiger charge is 2.30. The molecule has 2 aromatic heterocycles. The van der Waals surface area contributed by atoms with Gasteiger partial charge < -0.3 is 14.8 Å². The molecule has 9 nitrogen and oxygen atoms in total. The summed E-state index contributed by atoms with van der Waals surface area (Å²) in [5, 5.41) is 3.37. The van der Waals surface area contributed by atoms with E-state index in [9.17, 15) is 12.8 Å². The van der Waals surface area contributed by atoms with Crippen LogP contribution in [0, 0.1) is 12.9 Å². The number of ether oxygens (including phenoxy) is 2. The monoisotopic (exact) mass is 591 g/mol. The predicted molar refractivity (Wildman–Crippen MR) is 160 cm³/mol. The van der Waals surface area contributed by atoms with Gasteiger partial charge in [-0.1, -0.05) is 36.4 Å². The first-order valence-electron chi connectivity index (χ1n) is 13.6. The molecule has 2 aromatic carbocycles. The second-order valence-corrected chi connectivity index (χ2v) is 12.0. The third-order valence-corrected chi connectivity index (χ3v) is 8.93. The Labute approximate surface area is 246 Å². The van der Waals surface area contributed by atoms with Crippen molar-refractivity contribution < 1.29 is 22.3 Å². The normalized spacial score (nSPS) is 15.4. The standard InChI is InChI=1S/C31H34FN5O4S/c1-22-16-31(33-18-27(22)34-25-14-15-36(21-25)19-23-8-5-4-6-9-23)42(38,39)37(30-11-7-10-29(32)35-30)20-24-12-13-26(40-2)17-28(24)41-3/h4-13,16-18,25,34H,14-15,19-21H2,1-3H3/t25-/m0/s1. The van der Waals surface area contributed by atoms with E-state index in [1.165, 1.54) is 38.0 Å². The number of likely N-dealkylation sites (tertiary alicyclic amines) is 1. The van der Waals surface area contributed by atoms with Crippen LogP contribution in [0.25, 0.3) is 0 Å². The van der Waals surface area contributed by atoms with Crippen LogP contribution < -0.4 is 19.1 Å². The SMILES string of the molecule is COc1ccc(CN(c2cccc(F)n2)S(=O)(=O)c2cc(C)c(N[C@H]3CCN(Cc4ccccc4)C3)cn2)c(OC)c1. The second kappa shape index (κ2) is 12.7. The maximum atomic E-state index is 14.2. The van der Waals surface area contributed by atoms with Crippen LogP contribution in [0.4, 0.5) is 15.9 Å². The first kappa shape index (κ1) is 29.3. The first-order valence-corrected chi connectivity index (χ1v) is 15.1. The smallest absolute Gasteiger partial charge is 0.283 e. The molecule has 0 radical (unpaired) electrons. The number of aromatic nitrogens is 2. The zero-order valence-corrected chi connectivity index (χ0v) is 24.6. The molecular weight excluding hydrogens is 557 g/mol. The minimum Gasteiger partial charge on any atom is -0.497 e. The quantitative estimate of drug-likeness (QED) is 0.243. The van der Waals surface area contributed by atoms with E-state index in [2.05, 4.69) is 32.3 Å². The lowest BCUT2D eigenvalue weighted by molar-refractivity contribution is 0.328. The number of methoxy groups -OCH3 is 2. The van der Waals surface area contributed by atoms with Gasteiger partial charge in [0.15, 0.2) is 5.03 Å². The van der Waals surface area contributed by atoms with Gasteiger partial charge in [0.2, 0.25) is 5.95 Å². The van der Waals surface area contributed by atoms with E-state index in [0.29, 0.717) is 17.1 Å². The van der Waals surface area contributed by atoms with Gasteiger partial charge >= 0.3 is 0 Å². The molecule has 1 fully saturated rings. The van der Waals surface area contributed by atoms with Crippen molar-refractivity contribution in [2.24, 2.45) is 0 Å². The Morgan fingerprint density at radius 2 is 1.86 bits per heavy atom. The van der Waals surface area contributed by atoms with E-state index >= 15 is 0 Å². The van der Waals surface area contributed by atoms with E-state index in [-0.39, 0.29) is 23.4 Å². The molecule has 11 heteroatoms. The lowest BCUT2D eigenvalue weighted by atomic mass is 10.2. The van der Waals surface area contributed by atoms with Gasteiger partial charge in [0, 0.05) is 37.3 Å². The molecule has 1 atom stereocenters. The number of nitrogens with one attached hydrogen (secondary N) is 1. The second-order valence-electron chi connectivity index (χ2n) is 10.2. The Balaban J connectivity index is 1.37. The highest BCUT2D eigenvalue weighted by Crippen LogP contribution is 2.31. The molecule has 42 heavy (non-hydrogen) atoms. The fraction of sp³-hybridized carbons (Fsp3) is 0.290. The number of sulfonamides is 1. The first-order chi connectivity index (χ1) is 20.3. The summed E-state index contributed by atoms with van der Waals surface area (Å²) in [4.78, 5) is 10.6. The molecular formula is C31H34FN5O4S. The number of anilines is 2. The van der Waals surface area contributed by atoms with Gasteiger partial charge in [0.25, 0.3) is 10.0 Å². The summed E-state index contributed by atoms with van der Waals surface area (Å²) in [7, 11) is -1.23. The van der Waals surface area contributed by atoms with Crippen LogP contribution in [-0.2, 0) is 23.1 Å². The molecule has 4 aromatic rings. The van der Waals surface area contributed by atoms with Crippen LogP contribution in [0.3, 0.4) is 0 Å². The summed E-state index contributed by atoms with van der Waals surface area (Å²) in [6.07, 6.45) is 2.52. The number of rotatable bonds is 11. The number of pyridine rings is 2. The number of halogens is 1. The minimum absolute atomic E-state index is 0.0704. The number of hydrogen-bond donors (Lipinski definition) is 1. The van der Waals surface area contributed by atoms with Crippen LogP contribution >= 0.6 is 0 Å². The topological polar surface area (TPSA) is 96.9 Å². The van der Waals surface area contributed by atoms with Gasteiger partial charge in [0.1, 0.15) is 17.3 Å². The van der Waals surface area contributed by atoms with Gasteiger partial charge in [-0.2, -0.15) is 12.8 Å². The molecule has 1 aliphatic heterocycles. The van der Waals surface area contributed by atoms with Gasteiger partial charge in [0.05, 0.1) is 32.6 Å². The Kier molecular flexibility index (Phi) is 8.89. The number of benzene rings is 2. The molecule has 1 saturated heterocycles. The zero-order chi connectivity index (χ0) is 29.7. The molecule has 1 aliphatic rings. The molecule has 3 heterocycles. The van der Waals surface area contributed by atoms with E-state index < -0.39 is 16.0 Å². The molecule has 1 N–H and O–H groups in total. The molecule has 5 rings (SSSR count). The summed E-state index contributed by atoms with van der Waals surface area (Å²) in [6, 6.07) is 21.2. The lowest BCUT2D eigenvalue weighted by Crippen LogP contribution is -2.32. The Bertz CT molecular complexity index is 1640. The molecule has 0 bridgehead atoms. The Morgan fingerprint density at radius 1 is 1.05 bits per heavy atom. The Hall–Kier alpha value is -4.22. The molecule has 0 aliphatic carbocycles. The van der Waals surface area contributed by atoms with Crippen LogP contribution in [-0.4, -0.2) is 56.6 Å². The summed E-state index contributed by atoms with van der Waals surface area (Å²) in [5.41, 5.74) is 3.33. The molecule has 0 unspecified atom stereocenters. The van der Waals surface area contributed by atoms with Gasteiger partial charge in [-0.15, -0.1) is 0 Å². The van der Waals surface area contributed by atoms with Crippen molar-refractivity contribution in [3.05, 3.63) is 102 Å². The highest BCUT2D eigenvalue weighted by molar-refractivity contribution is 7.92. The summed E-state index contributed by atoms with van der Waals surface area (Å²) in [6.45, 7) is 4.41. The molecule has 0 amide bonds. The van der Waals surface area contributed by atoms with Gasteiger partial charge in [-0.3, -0.25) is 4.90 Å². The summed E-state index contributed by atoms with van der Waals surface area (Å²) >= 11 is 0. The van der Waals surface area contributed by atoms with Crippen LogP contribution in [0.15, 0.2) is 84.0 Å². The fourth-order valence-corrected chi connectivity index (χ4v) is 6.45. The highest BCUT2D eigenvalue weighted by atomic mass is 32.2. The van der Waals surface area contributed by atoms with Crippen molar-refractivity contribution in [3.8, 4) is 11.5 Å². The average molecular weight is 592 g/mol. The van der Waals surface area contributed by atoms with Crippen molar-refractivity contribution in [2.75, 3.05) is 36.9 Å². The third-order valence-electron chi connectivity index (χ3n) is 7.29. The van der Waals surface area contributed by atoms with Crippen molar-refractivity contribution in [2.45, 2.75) is 37.5 Å². The fourth-order valence-electron chi connectivity index (χ4n) is 5.05. The molecule has 0 spiro atoms. The number of nitrogens with zero attached hydrogens (tertiary/aromatic N) is 4. The van der Waals surface area contributed by atoms with Crippen molar-refractivity contribution in [3.63, 3.8) is 0 Å². The van der Waals surface area contributed by atoms with Crippen LogP contribution in [0.1, 0.15) is 23.1 Å². The third kappa shape index (κ3) is 6.63. The van der Waals surface area contributed by atoms with E-state index in [1.807, 2.05) is 25.1 Å². The summed E-state index contributed by atoms with van der Waals surface area (Å²) in [5.74, 6) is 0.113. The minimum atomic E-state index is -4.25. The maximum absolute atomic E-state index is 14.2. The van der Waals surface area contributed by atoms with E-state index in [4.69, 9.17) is 9.47 Å². The lowest BCUT2D eigenvalue weighted by Gasteiger charge is -2.25. The van der Waals surface area contributed by atoms with Crippen LogP contribution in [0.2, 0.25) is 0 Å². The number of hydrogen-bond acceptors (Lipinski definition) is 8. The van der Waals surface area contributed by atoms with Gasteiger partial charge in [-0.05, 0) is 54.8 Å². The molecule has 220 valence electrons. The summed E-state index contributed by atoms with van der Waals surface area (Å²) < 4.78 is 54.0. The largest absolute Gasteiger partial charge is 0.497 e. The van der Waals surface area contributed by atoms with Gasteiger partial charge in [-0.25, -0.2) is 14.3 Å². The van der Waals surface area contributed by atoms with Crippen molar-refractivity contribution in [1.29, 1.82) is 0 Å². The van der Waals surface area contributed by atoms with E-state index in [1.54, 1.807) is 24.4 Å². The van der Waals surface area contributed by atoms with Crippen molar-refractivity contribution in [1.82, 2.24) is 14.9 Å². The molecule has 0 saturated carbocycles. The number of aryl methyl sites for hydroxylation is 1. The predicted octanol–water partition coefficient (Wildman–Crippen LogP) is 5.02.